The molecule has 1 saturated heterocycles. The normalized spacial score (nSPS) is 36.1. The van der Waals surface area contributed by atoms with Crippen molar-refractivity contribution in [3.05, 3.63) is 34.3 Å². The average Bonchev–Trinajstić information content (AvgIpc) is 2.72. The van der Waals surface area contributed by atoms with E-state index in [-0.39, 0.29) is 0 Å². The Kier molecular flexibility index (Phi) is 3.50. The first-order valence-electron chi connectivity index (χ1n) is 7.16. The van der Waals surface area contributed by atoms with Gasteiger partial charge in [0.15, 0.2) is 0 Å². The summed E-state index contributed by atoms with van der Waals surface area (Å²) in [6, 6.07) is 8.94. The maximum absolute atomic E-state index is 3.62. The minimum absolute atomic E-state index is 0.575. The molecule has 0 radical (unpaired) electrons. The van der Waals surface area contributed by atoms with E-state index in [4.69, 9.17) is 0 Å². The van der Waals surface area contributed by atoms with Crippen LogP contribution in [0.25, 0.3) is 0 Å². The van der Waals surface area contributed by atoms with Gasteiger partial charge in [-0.25, -0.2) is 0 Å². The van der Waals surface area contributed by atoms with Gasteiger partial charge in [-0.05, 0) is 54.8 Å². The van der Waals surface area contributed by atoms with Crippen molar-refractivity contribution < 1.29 is 0 Å². The summed E-state index contributed by atoms with van der Waals surface area (Å²) in [6.45, 7) is 4.79. The summed E-state index contributed by atoms with van der Waals surface area (Å²) >= 11 is 3.62. The molecule has 2 aliphatic rings. The largest absolute Gasteiger partial charge is 0.316 e. The molecule has 1 saturated carbocycles. The Morgan fingerprint density at radius 2 is 2.22 bits per heavy atom. The number of rotatable bonds is 1. The zero-order valence-electron chi connectivity index (χ0n) is 11.1. The van der Waals surface area contributed by atoms with Crippen molar-refractivity contribution in [2.24, 2.45) is 11.3 Å². The summed E-state index contributed by atoms with van der Waals surface area (Å²) in [6.07, 6.45) is 5.62. The van der Waals surface area contributed by atoms with Crippen LogP contribution in [-0.4, -0.2) is 13.1 Å². The molecular weight excluding hydrogens is 286 g/mol. The van der Waals surface area contributed by atoms with Gasteiger partial charge in [-0.3, -0.25) is 0 Å². The highest BCUT2D eigenvalue weighted by Crippen LogP contribution is 2.54. The fraction of sp³-hybridized carbons (Fsp3) is 0.625. The second-order valence-corrected chi connectivity index (χ2v) is 7.19. The lowest BCUT2D eigenvalue weighted by Crippen LogP contribution is -2.42. The van der Waals surface area contributed by atoms with Crippen molar-refractivity contribution in [1.82, 2.24) is 5.32 Å². The fourth-order valence-corrected chi connectivity index (χ4v) is 4.56. The summed E-state index contributed by atoms with van der Waals surface area (Å²) in [5, 5.41) is 3.60. The van der Waals surface area contributed by atoms with E-state index < -0.39 is 0 Å². The van der Waals surface area contributed by atoms with E-state index in [2.05, 4.69) is 52.4 Å². The molecule has 1 heterocycles. The Bertz CT molecular complexity index is 427. The van der Waals surface area contributed by atoms with E-state index in [9.17, 15) is 0 Å². The molecule has 1 spiro atoms. The van der Waals surface area contributed by atoms with Crippen LogP contribution in [-0.2, 0) is 0 Å². The Morgan fingerprint density at radius 1 is 1.33 bits per heavy atom. The minimum Gasteiger partial charge on any atom is -0.316 e. The first-order chi connectivity index (χ1) is 8.70. The van der Waals surface area contributed by atoms with Crippen LogP contribution in [0.5, 0.6) is 0 Å². The molecule has 98 valence electrons. The molecule has 1 nitrogen and oxygen atoms in total. The van der Waals surface area contributed by atoms with Gasteiger partial charge in [0.05, 0.1) is 0 Å². The van der Waals surface area contributed by atoms with Crippen LogP contribution in [0.3, 0.4) is 0 Å². The van der Waals surface area contributed by atoms with E-state index in [1.165, 1.54) is 42.3 Å². The first-order valence-corrected chi connectivity index (χ1v) is 7.95. The molecule has 1 aromatic carbocycles. The van der Waals surface area contributed by atoms with Crippen molar-refractivity contribution in [2.75, 3.05) is 13.1 Å². The predicted molar refractivity (Wildman–Crippen MR) is 79.8 cm³/mol. The van der Waals surface area contributed by atoms with Gasteiger partial charge in [0.2, 0.25) is 0 Å². The quantitative estimate of drug-likeness (QED) is 0.814. The van der Waals surface area contributed by atoms with Gasteiger partial charge in [-0.15, -0.1) is 0 Å². The van der Waals surface area contributed by atoms with Crippen molar-refractivity contribution in [1.29, 1.82) is 0 Å². The zero-order chi connectivity index (χ0) is 12.6. The molecule has 0 bridgehead atoms. The van der Waals surface area contributed by atoms with E-state index in [0.29, 0.717) is 11.3 Å². The predicted octanol–water partition coefficient (Wildman–Crippen LogP) is 4.33. The topological polar surface area (TPSA) is 12.0 Å². The van der Waals surface area contributed by atoms with Gasteiger partial charge >= 0.3 is 0 Å². The SMILES string of the molecule is CC1CCC2(CCNCC2c2cccc(Br)c2)C1. The van der Waals surface area contributed by atoms with Crippen molar-refractivity contribution in [3.63, 3.8) is 0 Å². The van der Waals surface area contributed by atoms with Crippen LogP contribution >= 0.6 is 15.9 Å². The number of benzene rings is 1. The maximum atomic E-state index is 3.62. The van der Waals surface area contributed by atoms with Crippen molar-refractivity contribution in [2.45, 2.75) is 38.5 Å². The summed E-state index contributed by atoms with van der Waals surface area (Å²) in [5.74, 6) is 1.62. The summed E-state index contributed by atoms with van der Waals surface area (Å²) in [4.78, 5) is 0. The number of nitrogens with one attached hydrogen (secondary N) is 1. The van der Waals surface area contributed by atoms with Gasteiger partial charge in [0, 0.05) is 16.9 Å². The number of hydrogen-bond acceptors (Lipinski definition) is 1. The number of piperidine rings is 1. The van der Waals surface area contributed by atoms with Gasteiger partial charge in [0.1, 0.15) is 0 Å². The fourth-order valence-electron chi connectivity index (χ4n) is 4.14. The minimum atomic E-state index is 0.575. The molecule has 2 fully saturated rings. The molecular formula is C16H22BrN. The highest BCUT2D eigenvalue weighted by atomic mass is 79.9. The third kappa shape index (κ3) is 2.25. The van der Waals surface area contributed by atoms with Crippen LogP contribution < -0.4 is 5.32 Å². The van der Waals surface area contributed by atoms with Crippen LogP contribution in [0.2, 0.25) is 0 Å². The molecule has 1 N–H and O–H groups in total. The van der Waals surface area contributed by atoms with Gasteiger partial charge in [-0.1, -0.05) is 41.4 Å². The molecule has 3 atom stereocenters. The van der Waals surface area contributed by atoms with Crippen molar-refractivity contribution in [3.8, 4) is 0 Å². The Labute approximate surface area is 118 Å². The van der Waals surface area contributed by atoms with E-state index in [1.807, 2.05) is 0 Å². The third-order valence-electron chi connectivity index (χ3n) is 5.03. The van der Waals surface area contributed by atoms with Crippen LogP contribution in [0, 0.1) is 11.3 Å². The second-order valence-electron chi connectivity index (χ2n) is 6.27. The molecule has 1 aromatic rings. The van der Waals surface area contributed by atoms with E-state index in [0.717, 1.165) is 12.5 Å². The zero-order valence-corrected chi connectivity index (χ0v) is 12.7. The summed E-state index contributed by atoms with van der Waals surface area (Å²) in [7, 11) is 0. The molecule has 1 aliphatic heterocycles. The molecule has 18 heavy (non-hydrogen) atoms. The molecule has 2 heteroatoms. The lowest BCUT2D eigenvalue weighted by atomic mass is 9.66. The molecule has 1 aliphatic carbocycles. The Balaban J connectivity index is 1.93. The van der Waals surface area contributed by atoms with Gasteiger partial charge in [0.25, 0.3) is 0 Å². The van der Waals surface area contributed by atoms with Crippen molar-refractivity contribution >= 4 is 15.9 Å². The standard InChI is InChI=1S/C16H22BrN/c1-12-5-6-16(10-12)7-8-18-11-15(16)13-3-2-4-14(17)9-13/h2-4,9,12,15,18H,5-8,10-11H2,1H3. The van der Waals surface area contributed by atoms with Crippen LogP contribution in [0.15, 0.2) is 28.7 Å². The smallest absolute Gasteiger partial charge is 0.0178 e. The summed E-state index contributed by atoms with van der Waals surface area (Å²) < 4.78 is 1.21. The average molecular weight is 308 g/mol. The molecule has 0 amide bonds. The first kappa shape index (κ1) is 12.7. The summed E-state index contributed by atoms with van der Waals surface area (Å²) in [5.41, 5.74) is 2.09. The van der Waals surface area contributed by atoms with Crippen LogP contribution in [0.4, 0.5) is 0 Å². The lowest BCUT2D eigenvalue weighted by Gasteiger charge is -2.42. The Morgan fingerprint density at radius 3 is 2.94 bits per heavy atom. The number of halogens is 1. The third-order valence-corrected chi connectivity index (χ3v) is 5.52. The second kappa shape index (κ2) is 4.97. The van der Waals surface area contributed by atoms with E-state index in [1.54, 1.807) is 0 Å². The Hall–Kier alpha value is -0.340. The monoisotopic (exact) mass is 307 g/mol. The highest BCUT2D eigenvalue weighted by Gasteiger charge is 2.45. The van der Waals surface area contributed by atoms with Crippen LogP contribution in [0.1, 0.15) is 44.1 Å². The molecule has 0 aromatic heterocycles. The number of hydrogen-bond donors (Lipinski definition) is 1. The van der Waals surface area contributed by atoms with Gasteiger partial charge < -0.3 is 5.32 Å². The molecule has 3 unspecified atom stereocenters. The molecule has 3 rings (SSSR count). The highest BCUT2D eigenvalue weighted by molar-refractivity contribution is 9.10. The lowest BCUT2D eigenvalue weighted by molar-refractivity contribution is 0.164. The van der Waals surface area contributed by atoms with Gasteiger partial charge in [-0.2, -0.15) is 0 Å². The van der Waals surface area contributed by atoms with E-state index >= 15 is 0 Å². The maximum Gasteiger partial charge on any atom is 0.0178 e.